The van der Waals surface area contributed by atoms with Crippen LogP contribution >= 0.6 is 0 Å². The molecule has 74 valence electrons. The van der Waals surface area contributed by atoms with Gasteiger partial charge in [-0.1, -0.05) is 0 Å². The van der Waals surface area contributed by atoms with Gasteiger partial charge in [0.15, 0.2) is 0 Å². The summed E-state index contributed by atoms with van der Waals surface area (Å²) in [5.74, 6) is -0.449. The Balaban J connectivity index is 2.25. The molecule has 5 nitrogen and oxygen atoms in total. The fourth-order valence-corrected chi connectivity index (χ4v) is 1.10. The molecule has 1 fully saturated rings. The van der Waals surface area contributed by atoms with E-state index >= 15 is 0 Å². The smallest absolute Gasteiger partial charge is 0.302 e. The number of hydrogen-bond acceptors (Lipinski definition) is 4. The van der Waals surface area contributed by atoms with E-state index in [1.807, 2.05) is 0 Å². The lowest BCUT2D eigenvalue weighted by molar-refractivity contribution is -0.184. The van der Waals surface area contributed by atoms with Gasteiger partial charge in [-0.25, -0.2) is 5.06 Å². The third-order valence-corrected chi connectivity index (χ3v) is 1.75. The quantitative estimate of drug-likeness (QED) is 0.575. The minimum Gasteiger partial charge on any atom is -0.463 e. The van der Waals surface area contributed by atoms with Gasteiger partial charge in [0.2, 0.25) is 5.91 Å². The van der Waals surface area contributed by atoms with Gasteiger partial charge in [-0.2, -0.15) is 0 Å². The monoisotopic (exact) mass is 187 g/mol. The minimum absolute atomic E-state index is 0.120. The highest BCUT2D eigenvalue weighted by molar-refractivity contribution is 5.72. The molecule has 1 unspecified atom stereocenters. The van der Waals surface area contributed by atoms with Crippen LogP contribution < -0.4 is 0 Å². The Morgan fingerprint density at radius 1 is 1.54 bits per heavy atom. The summed E-state index contributed by atoms with van der Waals surface area (Å²) >= 11 is 0. The summed E-state index contributed by atoms with van der Waals surface area (Å²) in [6.45, 7) is 3.58. The molecule has 0 aromatic carbocycles. The molecule has 13 heavy (non-hydrogen) atoms. The fraction of sp³-hybridized carbons (Fsp3) is 0.750. The standard InChI is InChI=1S/C8H13NO4/c1-6(10)9-4-3-8(13-9)5-12-7(2)11/h8H,3-5H2,1-2H3. The molecule has 1 saturated heterocycles. The zero-order chi connectivity index (χ0) is 9.84. The third-order valence-electron chi connectivity index (χ3n) is 1.75. The maximum Gasteiger partial charge on any atom is 0.302 e. The van der Waals surface area contributed by atoms with Crippen LogP contribution in [-0.4, -0.2) is 36.2 Å². The van der Waals surface area contributed by atoms with E-state index in [0.29, 0.717) is 13.0 Å². The number of carbonyl (C=O) groups excluding carboxylic acids is 2. The molecule has 1 aliphatic rings. The van der Waals surface area contributed by atoms with Crippen LogP contribution in [0.2, 0.25) is 0 Å². The van der Waals surface area contributed by atoms with Crippen molar-refractivity contribution >= 4 is 11.9 Å². The van der Waals surface area contributed by atoms with E-state index in [2.05, 4.69) is 0 Å². The summed E-state index contributed by atoms with van der Waals surface area (Å²) in [5, 5.41) is 1.29. The Kier molecular flexibility index (Phi) is 3.25. The van der Waals surface area contributed by atoms with E-state index in [1.54, 1.807) is 0 Å². The number of esters is 1. The van der Waals surface area contributed by atoms with Crippen molar-refractivity contribution in [2.45, 2.75) is 26.4 Å². The molecule has 0 N–H and O–H groups in total. The summed E-state index contributed by atoms with van der Waals surface area (Å²) in [6.07, 6.45) is 0.542. The molecule has 0 spiro atoms. The van der Waals surface area contributed by atoms with Crippen LogP contribution in [0.25, 0.3) is 0 Å². The van der Waals surface area contributed by atoms with Crippen LogP contribution in [0.15, 0.2) is 0 Å². The van der Waals surface area contributed by atoms with Crippen LogP contribution in [0, 0.1) is 0 Å². The molecule has 1 atom stereocenters. The number of carbonyl (C=O) groups is 2. The number of hydroxylamine groups is 2. The van der Waals surface area contributed by atoms with Gasteiger partial charge in [0.05, 0.1) is 6.54 Å². The molecule has 5 heteroatoms. The molecule has 1 aliphatic heterocycles. The Morgan fingerprint density at radius 2 is 2.23 bits per heavy atom. The second kappa shape index (κ2) is 4.23. The van der Waals surface area contributed by atoms with Crippen LogP contribution in [0.5, 0.6) is 0 Å². The van der Waals surface area contributed by atoms with Crippen molar-refractivity contribution in [3.05, 3.63) is 0 Å². The molecule has 0 saturated carbocycles. The summed E-state index contributed by atoms with van der Waals surface area (Å²) in [4.78, 5) is 26.5. The van der Waals surface area contributed by atoms with Crippen molar-refractivity contribution in [3.8, 4) is 0 Å². The highest BCUT2D eigenvalue weighted by Crippen LogP contribution is 2.13. The molecule has 0 aromatic rings. The van der Waals surface area contributed by atoms with Gasteiger partial charge in [-0.3, -0.25) is 14.4 Å². The Hall–Kier alpha value is -1.10. The first-order chi connectivity index (χ1) is 6.09. The molecule has 1 amide bonds. The van der Waals surface area contributed by atoms with Crippen molar-refractivity contribution in [2.24, 2.45) is 0 Å². The molecule has 0 aliphatic carbocycles. The van der Waals surface area contributed by atoms with Gasteiger partial charge in [0, 0.05) is 13.8 Å². The van der Waals surface area contributed by atoms with E-state index < -0.39 is 0 Å². The van der Waals surface area contributed by atoms with Crippen molar-refractivity contribution in [3.63, 3.8) is 0 Å². The summed E-state index contributed by atoms with van der Waals surface area (Å²) in [5.41, 5.74) is 0. The molecule has 0 aromatic heterocycles. The Morgan fingerprint density at radius 3 is 2.69 bits per heavy atom. The topological polar surface area (TPSA) is 55.8 Å². The Labute approximate surface area is 76.6 Å². The number of amides is 1. The van der Waals surface area contributed by atoms with Crippen molar-refractivity contribution in [2.75, 3.05) is 13.2 Å². The van der Waals surface area contributed by atoms with Crippen LogP contribution in [-0.2, 0) is 19.2 Å². The molecule has 1 rings (SSSR count). The number of nitrogens with zero attached hydrogens (tertiary/aromatic N) is 1. The lowest BCUT2D eigenvalue weighted by Gasteiger charge is -2.13. The summed E-state index contributed by atoms with van der Waals surface area (Å²) in [7, 11) is 0. The van der Waals surface area contributed by atoms with E-state index in [0.717, 1.165) is 0 Å². The lowest BCUT2D eigenvalue weighted by atomic mass is 10.3. The van der Waals surface area contributed by atoms with Crippen molar-refractivity contribution < 1.29 is 19.2 Å². The summed E-state index contributed by atoms with van der Waals surface area (Å²) < 4.78 is 4.75. The first-order valence-electron chi connectivity index (χ1n) is 4.18. The average Bonchev–Trinajstić information content (AvgIpc) is 2.48. The van der Waals surface area contributed by atoms with Crippen molar-refractivity contribution in [1.29, 1.82) is 0 Å². The molecular formula is C8H13NO4. The van der Waals surface area contributed by atoms with Gasteiger partial charge in [0.1, 0.15) is 12.7 Å². The highest BCUT2D eigenvalue weighted by Gasteiger charge is 2.26. The van der Waals surface area contributed by atoms with Gasteiger partial charge in [0.25, 0.3) is 0 Å². The van der Waals surface area contributed by atoms with E-state index in [4.69, 9.17) is 9.57 Å². The highest BCUT2D eigenvalue weighted by atomic mass is 16.7. The van der Waals surface area contributed by atoms with E-state index in [9.17, 15) is 9.59 Å². The molecular weight excluding hydrogens is 174 g/mol. The SMILES string of the molecule is CC(=O)OCC1CCN(C(C)=O)O1. The van der Waals surface area contributed by atoms with Crippen LogP contribution in [0.1, 0.15) is 20.3 Å². The first kappa shape index (κ1) is 9.98. The van der Waals surface area contributed by atoms with Gasteiger partial charge in [-0.15, -0.1) is 0 Å². The van der Waals surface area contributed by atoms with Gasteiger partial charge >= 0.3 is 5.97 Å². The number of rotatable bonds is 2. The molecule has 0 radical (unpaired) electrons. The average molecular weight is 187 g/mol. The Bertz CT molecular complexity index is 216. The van der Waals surface area contributed by atoms with Crippen LogP contribution in [0.3, 0.4) is 0 Å². The predicted molar refractivity (Wildman–Crippen MR) is 43.5 cm³/mol. The van der Waals surface area contributed by atoms with E-state index in [-0.39, 0.29) is 24.6 Å². The molecule has 1 heterocycles. The second-order valence-corrected chi connectivity index (χ2v) is 2.94. The minimum atomic E-state index is -0.329. The number of ether oxygens (including phenoxy) is 1. The molecule has 0 bridgehead atoms. The normalized spacial score (nSPS) is 21.7. The zero-order valence-corrected chi connectivity index (χ0v) is 7.78. The van der Waals surface area contributed by atoms with Crippen LogP contribution in [0.4, 0.5) is 0 Å². The van der Waals surface area contributed by atoms with Crippen molar-refractivity contribution in [1.82, 2.24) is 5.06 Å². The first-order valence-corrected chi connectivity index (χ1v) is 4.18. The van der Waals surface area contributed by atoms with Gasteiger partial charge in [-0.05, 0) is 6.42 Å². The second-order valence-electron chi connectivity index (χ2n) is 2.94. The number of hydrogen-bond donors (Lipinski definition) is 0. The summed E-state index contributed by atoms with van der Waals surface area (Å²) in [6, 6.07) is 0. The fourth-order valence-electron chi connectivity index (χ4n) is 1.10. The van der Waals surface area contributed by atoms with Gasteiger partial charge < -0.3 is 4.74 Å². The predicted octanol–water partition coefficient (Wildman–Crippen LogP) is 0.102. The zero-order valence-electron chi connectivity index (χ0n) is 7.78. The maximum atomic E-state index is 10.8. The lowest BCUT2D eigenvalue weighted by Crippen LogP contribution is -2.26. The van der Waals surface area contributed by atoms with E-state index in [1.165, 1.54) is 18.9 Å². The maximum absolute atomic E-state index is 10.8. The third kappa shape index (κ3) is 3.02. The largest absolute Gasteiger partial charge is 0.463 e.